The lowest BCUT2D eigenvalue weighted by Gasteiger charge is -2.21. The zero-order chi connectivity index (χ0) is 14.2. The van der Waals surface area contributed by atoms with Crippen molar-refractivity contribution in [3.63, 3.8) is 0 Å². The fourth-order valence-corrected chi connectivity index (χ4v) is 1.38. The zero-order valence-corrected chi connectivity index (χ0v) is 11.1. The van der Waals surface area contributed by atoms with Gasteiger partial charge >= 0.3 is 11.9 Å². The second-order valence-electron chi connectivity index (χ2n) is 4.15. The highest BCUT2D eigenvalue weighted by Gasteiger charge is 2.31. The standard InChI is InChI=1S/C12H22O6/c1-4-17-10(14)9(13)7-6-8-12(3,16)11(15)18-5-2/h9,13,16H,4-8H2,1-3H3/t9-,12-/m1/s1. The number of carbonyl (C=O) groups is 2. The summed E-state index contributed by atoms with van der Waals surface area (Å²) in [6.07, 6.45) is -0.661. The van der Waals surface area contributed by atoms with Gasteiger partial charge in [0.05, 0.1) is 13.2 Å². The topological polar surface area (TPSA) is 93.1 Å². The van der Waals surface area contributed by atoms with E-state index in [1.54, 1.807) is 13.8 Å². The highest BCUT2D eigenvalue weighted by atomic mass is 16.6. The van der Waals surface area contributed by atoms with Gasteiger partial charge in [-0.15, -0.1) is 0 Å². The molecule has 0 rings (SSSR count). The number of hydrogen-bond donors (Lipinski definition) is 2. The first-order chi connectivity index (χ1) is 8.35. The number of aliphatic hydroxyl groups is 2. The SMILES string of the molecule is CCOC(=O)[C@H](O)CCC[C@@](C)(O)C(=O)OCC. The molecule has 106 valence electrons. The summed E-state index contributed by atoms with van der Waals surface area (Å²) in [6, 6.07) is 0. The molecule has 0 fully saturated rings. The van der Waals surface area contributed by atoms with Crippen LogP contribution >= 0.6 is 0 Å². The van der Waals surface area contributed by atoms with Gasteiger partial charge in [-0.05, 0) is 40.0 Å². The van der Waals surface area contributed by atoms with E-state index in [-0.39, 0.29) is 26.1 Å². The average molecular weight is 262 g/mol. The number of hydrogen-bond acceptors (Lipinski definition) is 6. The van der Waals surface area contributed by atoms with Crippen molar-refractivity contribution in [2.45, 2.75) is 51.7 Å². The van der Waals surface area contributed by atoms with Crippen molar-refractivity contribution in [3.05, 3.63) is 0 Å². The fraction of sp³-hybridized carbons (Fsp3) is 0.833. The van der Waals surface area contributed by atoms with Crippen LogP contribution in [0.1, 0.15) is 40.0 Å². The Labute approximate surface area is 107 Å². The van der Waals surface area contributed by atoms with E-state index < -0.39 is 23.6 Å². The zero-order valence-electron chi connectivity index (χ0n) is 11.1. The van der Waals surface area contributed by atoms with Crippen LogP contribution in [-0.4, -0.2) is 47.1 Å². The van der Waals surface area contributed by atoms with E-state index in [2.05, 4.69) is 4.74 Å². The molecule has 2 N–H and O–H groups in total. The van der Waals surface area contributed by atoms with Gasteiger partial charge in [0.25, 0.3) is 0 Å². The van der Waals surface area contributed by atoms with Crippen LogP contribution in [0, 0.1) is 0 Å². The Kier molecular flexibility index (Phi) is 7.54. The maximum absolute atomic E-state index is 11.4. The van der Waals surface area contributed by atoms with Gasteiger partial charge in [-0.25, -0.2) is 9.59 Å². The molecule has 0 saturated heterocycles. The summed E-state index contributed by atoms with van der Waals surface area (Å²) < 4.78 is 9.34. The first-order valence-electron chi connectivity index (χ1n) is 6.09. The Bertz CT molecular complexity index is 274. The molecule has 0 amide bonds. The van der Waals surface area contributed by atoms with Gasteiger partial charge in [-0.2, -0.15) is 0 Å². The molecule has 6 nitrogen and oxygen atoms in total. The molecule has 0 aliphatic heterocycles. The second kappa shape index (κ2) is 8.05. The minimum atomic E-state index is -1.59. The highest BCUT2D eigenvalue weighted by molar-refractivity contribution is 5.78. The molecule has 0 aliphatic carbocycles. The third kappa shape index (κ3) is 5.97. The van der Waals surface area contributed by atoms with Gasteiger partial charge in [0, 0.05) is 0 Å². The molecule has 0 aromatic heterocycles. The highest BCUT2D eigenvalue weighted by Crippen LogP contribution is 2.16. The van der Waals surface area contributed by atoms with Crippen LogP contribution in [0.2, 0.25) is 0 Å². The smallest absolute Gasteiger partial charge is 0.337 e. The van der Waals surface area contributed by atoms with E-state index in [0.29, 0.717) is 6.42 Å². The largest absolute Gasteiger partial charge is 0.464 e. The van der Waals surface area contributed by atoms with Gasteiger partial charge in [0.1, 0.15) is 0 Å². The monoisotopic (exact) mass is 262 g/mol. The summed E-state index contributed by atoms with van der Waals surface area (Å²) in [7, 11) is 0. The van der Waals surface area contributed by atoms with Crippen molar-refractivity contribution in [2.75, 3.05) is 13.2 Å². The molecule has 2 atom stereocenters. The Morgan fingerprint density at radius 1 is 1.22 bits per heavy atom. The van der Waals surface area contributed by atoms with Crippen LogP contribution in [0.3, 0.4) is 0 Å². The fourth-order valence-electron chi connectivity index (χ4n) is 1.38. The maximum Gasteiger partial charge on any atom is 0.337 e. The van der Waals surface area contributed by atoms with Gasteiger partial charge in [0.15, 0.2) is 11.7 Å². The van der Waals surface area contributed by atoms with Crippen molar-refractivity contribution in [1.29, 1.82) is 0 Å². The Hall–Kier alpha value is -1.14. The normalized spacial score (nSPS) is 15.6. The summed E-state index contributed by atoms with van der Waals surface area (Å²) >= 11 is 0. The second-order valence-corrected chi connectivity index (χ2v) is 4.15. The summed E-state index contributed by atoms with van der Waals surface area (Å²) in [5.41, 5.74) is -1.59. The molecule has 0 unspecified atom stereocenters. The third-order valence-electron chi connectivity index (χ3n) is 2.41. The predicted octanol–water partition coefficient (Wildman–Crippen LogP) is 0.395. The summed E-state index contributed by atoms with van der Waals surface area (Å²) in [6.45, 7) is 5.05. The quantitative estimate of drug-likeness (QED) is 0.615. The summed E-state index contributed by atoms with van der Waals surface area (Å²) in [5, 5.41) is 19.2. The van der Waals surface area contributed by atoms with E-state index in [1.165, 1.54) is 6.92 Å². The van der Waals surface area contributed by atoms with Crippen LogP contribution in [0.5, 0.6) is 0 Å². The van der Waals surface area contributed by atoms with Crippen LogP contribution in [0.4, 0.5) is 0 Å². The molecule has 6 heteroatoms. The molecule has 0 aromatic rings. The van der Waals surface area contributed by atoms with Gasteiger partial charge in [-0.3, -0.25) is 0 Å². The van der Waals surface area contributed by atoms with Crippen LogP contribution in [0.15, 0.2) is 0 Å². The molecular weight excluding hydrogens is 240 g/mol. The molecule has 0 heterocycles. The van der Waals surface area contributed by atoms with Crippen molar-refractivity contribution in [3.8, 4) is 0 Å². The molecule has 18 heavy (non-hydrogen) atoms. The predicted molar refractivity (Wildman–Crippen MR) is 63.7 cm³/mol. The maximum atomic E-state index is 11.4. The van der Waals surface area contributed by atoms with Crippen LogP contribution in [-0.2, 0) is 19.1 Å². The van der Waals surface area contributed by atoms with E-state index in [1.807, 2.05) is 0 Å². The molecule has 0 bridgehead atoms. The van der Waals surface area contributed by atoms with Crippen molar-refractivity contribution in [1.82, 2.24) is 0 Å². The van der Waals surface area contributed by atoms with E-state index in [4.69, 9.17) is 4.74 Å². The minimum Gasteiger partial charge on any atom is -0.464 e. The molecule has 0 spiro atoms. The average Bonchev–Trinajstić information content (AvgIpc) is 2.29. The summed E-state index contributed by atoms with van der Waals surface area (Å²) in [4.78, 5) is 22.5. The Balaban J connectivity index is 4.02. The minimum absolute atomic E-state index is 0.113. The summed E-state index contributed by atoms with van der Waals surface area (Å²) in [5.74, 6) is -1.39. The lowest BCUT2D eigenvalue weighted by atomic mass is 9.98. The Morgan fingerprint density at radius 2 is 1.78 bits per heavy atom. The van der Waals surface area contributed by atoms with E-state index >= 15 is 0 Å². The molecule has 0 aromatic carbocycles. The first kappa shape index (κ1) is 16.9. The third-order valence-corrected chi connectivity index (χ3v) is 2.41. The number of aliphatic hydroxyl groups excluding tert-OH is 1. The number of carbonyl (C=O) groups excluding carboxylic acids is 2. The van der Waals surface area contributed by atoms with E-state index in [0.717, 1.165) is 0 Å². The molecule has 0 aliphatic rings. The van der Waals surface area contributed by atoms with Crippen molar-refractivity contribution < 1.29 is 29.3 Å². The van der Waals surface area contributed by atoms with Gasteiger partial charge < -0.3 is 19.7 Å². The van der Waals surface area contributed by atoms with Gasteiger partial charge in [0.2, 0.25) is 0 Å². The van der Waals surface area contributed by atoms with Crippen molar-refractivity contribution in [2.24, 2.45) is 0 Å². The van der Waals surface area contributed by atoms with Crippen LogP contribution in [0.25, 0.3) is 0 Å². The number of esters is 2. The lowest BCUT2D eigenvalue weighted by molar-refractivity contribution is -0.164. The number of rotatable bonds is 8. The van der Waals surface area contributed by atoms with Crippen molar-refractivity contribution >= 4 is 11.9 Å². The lowest BCUT2D eigenvalue weighted by Crippen LogP contribution is -2.37. The Morgan fingerprint density at radius 3 is 2.28 bits per heavy atom. The van der Waals surface area contributed by atoms with Gasteiger partial charge in [-0.1, -0.05) is 0 Å². The first-order valence-corrected chi connectivity index (χ1v) is 6.09. The molecular formula is C12H22O6. The van der Waals surface area contributed by atoms with Crippen LogP contribution < -0.4 is 0 Å². The molecule has 0 saturated carbocycles. The van der Waals surface area contributed by atoms with E-state index in [9.17, 15) is 19.8 Å². The molecule has 0 radical (unpaired) electrons. The number of ether oxygens (including phenoxy) is 2.